The third kappa shape index (κ3) is 18.2. The van der Waals surface area contributed by atoms with Crippen LogP contribution < -0.4 is 103 Å². The molecule has 3 aromatic carbocycles. The third-order valence-corrected chi connectivity index (χ3v) is 14.1. The van der Waals surface area contributed by atoms with E-state index in [1.165, 1.54) is 6.07 Å². The van der Waals surface area contributed by atoms with Gasteiger partial charge in [-0.1, -0.05) is 55.8 Å². The summed E-state index contributed by atoms with van der Waals surface area (Å²) in [7, 11) is -16.7. The molecule has 1 aromatic heterocycles. The van der Waals surface area contributed by atoms with Gasteiger partial charge in [0.1, 0.15) is 11.9 Å². The molecule has 0 bridgehead atoms. The molecule has 0 saturated heterocycles. The zero-order valence-corrected chi connectivity index (χ0v) is 50.7. The van der Waals surface area contributed by atoms with Crippen LogP contribution in [0.25, 0.3) is 16.3 Å². The third-order valence-electron chi connectivity index (χ3n) is 11.5. The second kappa shape index (κ2) is 27.8. The number of fused-ring (bicyclic) bond motifs is 4. The Morgan fingerprint density at radius 2 is 1.52 bits per heavy atom. The number of benzene rings is 3. The van der Waals surface area contributed by atoms with Crippen LogP contribution in [0, 0.1) is 6.07 Å². The number of aliphatic hydroxyl groups excluding tert-OH is 1. The topological polar surface area (TPSA) is 272 Å². The number of hydrogen-bond donors (Lipinski definition) is 1. The van der Waals surface area contributed by atoms with Gasteiger partial charge >= 0.3 is 105 Å². The number of nitrogens with zero attached hydrogens (tertiary/aromatic N) is 3. The van der Waals surface area contributed by atoms with Gasteiger partial charge < -0.3 is 28.4 Å². The predicted octanol–water partition coefficient (Wildman–Crippen LogP) is -3.02. The minimum absolute atomic E-state index is 0. The van der Waals surface area contributed by atoms with Gasteiger partial charge in [0.15, 0.2) is 5.71 Å². The summed E-state index contributed by atoms with van der Waals surface area (Å²) in [5, 5.41) is 10.9. The molecule has 0 saturated carbocycles. The standard InChI is InChI=1S/C46H54ClN3O11S3.3Na.O3S/c1-45(2)39-29-35(47)31-49(22-5-9-26-62(52,53)54)44(39)48-41(45)20-16-32(34-12-11-13-36(28-34)61-25-8-7-24-51)17-21-42-46(3,4)43-38-30-37(64(58,59)60)18-14-33(38)15-19-40(43)50(42)23-6-10-27-63(55,56)57;;;;1-4(2)3/h11-13,15-21,28-31,51H,5-10,22-27H2,1-4H3,(H,52,53,54)(H,55,56,57)(H,58,59,60);;;;/q;3*+1;/p-3. The zero-order chi connectivity index (χ0) is 50.2. The Kier molecular flexibility index (Phi) is 25.6. The molecular weight excluding hydrogens is 1050 g/mol. The second-order valence-corrected chi connectivity index (χ2v) is 22.4. The molecule has 1 N–H and O–H groups in total. The number of ether oxygens (including phenoxy) is 1. The first-order valence-corrected chi connectivity index (χ1v) is 27.3. The van der Waals surface area contributed by atoms with E-state index < -0.39 is 68.2 Å². The largest absolute Gasteiger partial charge is 1.00 e. The van der Waals surface area contributed by atoms with E-state index in [4.69, 9.17) is 34.0 Å². The first kappa shape index (κ1) is 65.3. The number of aliphatic imine (C=N–C) groups is 1. The molecule has 71 heavy (non-hydrogen) atoms. The van der Waals surface area contributed by atoms with Crippen molar-refractivity contribution in [2.45, 2.75) is 88.5 Å². The van der Waals surface area contributed by atoms with Gasteiger partial charge in [0.2, 0.25) is 0 Å². The molecule has 0 spiro atoms. The van der Waals surface area contributed by atoms with Gasteiger partial charge in [-0.25, -0.2) is 29.8 Å². The molecule has 3 heterocycles. The number of hydrogen-bond acceptors (Lipinski definition) is 16. The monoisotopic (exact) mass is 1100 g/mol. The van der Waals surface area contributed by atoms with Crippen LogP contribution in [0.15, 0.2) is 101 Å². The van der Waals surface area contributed by atoms with E-state index in [1.807, 2.05) is 97.9 Å². The minimum Gasteiger partial charge on any atom is -0.752 e. The maximum absolute atomic E-state index is 12.2. The van der Waals surface area contributed by atoms with Gasteiger partial charge in [-0.3, -0.25) is 0 Å². The average Bonchev–Trinajstić information content (AvgIpc) is 3.62. The van der Waals surface area contributed by atoms with Crippen LogP contribution in [-0.2, 0) is 58.3 Å². The summed E-state index contributed by atoms with van der Waals surface area (Å²) in [6.07, 6.45) is 11.8. The number of aliphatic hydroxyl groups is 1. The van der Waals surface area contributed by atoms with Crippen molar-refractivity contribution in [3.05, 3.63) is 119 Å². The fourth-order valence-corrected chi connectivity index (χ4v) is 10.0. The van der Waals surface area contributed by atoms with Gasteiger partial charge in [0.05, 0.1) is 59.5 Å². The van der Waals surface area contributed by atoms with Crippen molar-refractivity contribution in [2.75, 3.05) is 36.2 Å². The summed E-state index contributed by atoms with van der Waals surface area (Å²) in [5.41, 5.74) is 3.96. The molecule has 368 valence electrons. The van der Waals surface area contributed by atoms with Crippen LogP contribution in [0.1, 0.15) is 82.9 Å². The number of unbranched alkanes of at least 4 members (excludes halogenated alkanes) is 3. The molecule has 0 aliphatic carbocycles. The summed E-state index contributed by atoms with van der Waals surface area (Å²) in [5.74, 6) is 0.286. The molecule has 25 heteroatoms. The number of anilines is 1. The van der Waals surface area contributed by atoms with Crippen molar-refractivity contribution in [1.82, 2.24) is 0 Å². The smallest absolute Gasteiger partial charge is 0.752 e. The Balaban J connectivity index is 0.00000238. The Morgan fingerprint density at radius 1 is 0.873 bits per heavy atom. The molecule has 0 fully saturated rings. The van der Waals surface area contributed by atoms with E-state index in [-0.39, 0.29) is 108 Å². The van der Waals surface area contributed by atoms with Crippen molar-refractivity contribution in [3.63, 3.8) is 0 Å². The van der Waals surface area contributed by atoms with Crippen molar-refractivity contribution in [2.24, 2.45) is 4.99 Å². The Labute approximate surface area is 489 Å². The maximum Gasteiger partial charge on any atom is 1.00 e. The average molecular weight is 1100 g/mol. The SMILES string of the molecule is CC1(C)C(C=CC(=CC=C2N(CCCCS(=O)(=O)[O-])c3ccc4[c-]cc(S(=O)(=O)[O-])cc4c3C2(C)C)c2cccc(OCCCCO)c2)=Nc2c1cc(Cl)c[n+]2CCCCS(=O)(=O)[O-].O=S(=O)=O.[Na+].[Na+].[Na+]. The molecule has 0 unspecified atom stereocenters. The zero-order valence-electron chi connectivity index (χ0n) is 40.7. The van der Waals surface area contributed by atoms with Crippen molar-refractivity contribution in [1.29, 1.82) is 0 Å². The molecule has 2 aliphatic rings. The number of halogens is 1. The van der Waals surface area contributed by atoms with E-state index in [9.17, 15) is 44.0 Å². The molecule has 17 nitrogen and oxygen atoms in total. The van der Waals surface area contributed by atoms with Gasteiger partial charge in [-0.2, -0.15) is 0 Å². The fourth-order valence-electron chi connectivity index (χ4n) is 8.24. The van der Waals surface area contributed by atoms with Crippen molar-refractivity contribution in [3.8, 4) is 5.75 Å². The fraction of sp³-hybridized carbons (Fsp3) is 0.391. The van der Waals surface area contributed by atoms with E-state index in [1.54, 1.807) is 12.3 Å². The van der Waals surface area contributed by atoms with Crippen LogP contribution in [0.3, 0.4) is 0 Å². The number of aryl methyl sites for hydroxylation is 1. The number of allylic oxidation sites excluding steroid dienone is 6. The number of pyridine rings is 1. The van der Waals surface area contributed by atoms with Crippen LogP contribution in [0.4, 0.5) is 11.5 Å². The summed E-state index contributed by atoms with van der Waals surface area (Å²) in [4.78, 5) is 6.66. The van der Waals surface area contributed by atoms with E-state index >= 15 is 0 Å². The first-order valence-electron chi connectivity index (χ1n) is 21.4. The van der Waals surface area contributed by atoms with Crippen LogP contribution in [-0.4, -0.2) is 93.6 Å². The second-order valence-electron chi connectivity index (χ2n) is 17.2. The number of rotatable bonds is 20. The first-order chi connectivity index (χ1) is 31.7. The Bertz CT molecular complexity index is 3140. The minimum atomic E-state index is -4.81. The van der Waals surface area contributed by atoms with Crippen LogP contribution in [0.5, 0.6) is 5.75 Å². The van der Waals surface area contributed by atoms with E-state index in [0.717, 1.165) is 39.7 Å². The van der Waals surface area contributed by atoms with Crippen LogP contribution >= 0.6 is 11.6 Å². The molecule has 0 radical (unpaired) electrons. The van der Waals surface area contributed by atoms with Gasteiger partial charge in [-0.05, 0) is 109 Å². The van der Waals surface area contributed by atoms with Gasteiger partial charge in [0, 0.05) is 41.5 Å². The number of aromatic nitrogens is 1. The quantitative estimate of drug-likeness (QED) is 0.0231. The normalized spacial score (nSPS) is 15.5. The molecule has 0 atom stereocenters. The predicted molar refractivity (Wildman–Crippen MR) is 254 cm³/mol. The Hall–Kier alpha value is -1.84. The summed E-state index contributed by atoms with van der Waals surface area (Å²) < 4.78 is 138. The Morgan fingerprint density at radius 3 is 2.14 bits per heavy atom. The summed E-state index contributed by atoms with van der Waals surface area (Å²) in [6, 6.07) is 18.6. The summed E-state index contributed by atoms with van der Waals surface area (Å²) >= 11 is 6.59. The van der Waals surface area contributed by atoms with Crippen molar-refractivity contribution < 1.29 is 155 Å². The molecule has 6 rings (SSSR count). The molecule has 2 aliphatic heterocycles. The van der Waals surface area contributed by atoms with E-state index in [2.05, 4.69) is 6.07 Å². The molecule has 0 amide bonds. The van der Waals surface area contributed by atoms with E-state index in [0.29, 0.717) is 78.5 Å². The van der Waals surface area contributed by atoms with Crippen LogP contribution in [0.2, 0.25) is 5.02 Å². The molecule has 4 aromatic rings. The summed E-state index contributed by atoms with van der Waals surface area (Å²) in [6.45, 7) is 9.18. The van der Waals surface area contributed by atoms with Gasteiger partial charge in [0.25, 0.3) is 0 Å². The van der Waals surface area contributed by atoms with Gasteiger partial charge in [-0.15, -0.1) is 47.7 Å². The van der Waals surface area contributed by atoms with Crippen molar-refractivity contribution >= 4 is 86.1 Å². The molecular formula is C46H51ClN3Na3O14S4. The maximum atomic E-state index is 12.2.